The molecule has 2 rings (SSSR count). The highest BCUT2D eigenvalue weighted by molar-refractivity contribution is 5.94. The van der Waals surface area contributed by atoms with E-state index in [1.54, 1.807) is 12.3 Å². The van der Waals surface area contributed by atoms with Crippen LogP contribution in [-0.2, 0) is 6.42 Å². The van der Waals surface area contributed by atoms with Crippen molar-refractivity contribution in [3.8, 4) is 0 Å². The summed E-state index contributed by atoms with van der Waals surface area (Å²) >= 11 is 0. The number of carbonyl (C=O) groups is 1. The van der Waals surface area contributed by atoms with E-state index in [2.05, 4.69) is 10.3 Å². The minimum atomic E-state index is -0.764. The van der Waals surface area contributed by atoms with Crippen LogP contribution in [-0.4, -0.2) is 16.9 Å². The molecule has 0 saturated heterocycles. The SMILES string of the molecule is CC(Cc1ccco1)NC(=O)c1cccnc1F. The molecule has 1 amide bonds. The summed E-state index contributed by atoms with van der Waals surface area (Å²) in [4.78, 5) is 15.2. The number of aromatic nitrogens is 1. The van der Waals surface area contributed by atoms with Crippen LogP contribution >= 0.6 is 0 Å². The Morgan fingerprint density at radius 2 is 2.33 bits per heavy atom. The minimum absolute atomic E-state index is 0.0520. The summed E-state index contributed by atoms with van der Waals surface area (Å²) in [6.45, 7) is 1.83. The predicted molar refractivity (Wildman–Crippen MR) is 63.5 cm³/mol. The third-order valence-corrected chi connectivity index (χ3v) is 2.47. The van der Waals surface area contributed by atoms with Gasteiger partial charge in [0.15, 0.2) is 0 Å². The van der Waals surface area contributed by atoms with Crippen molar-refractivity contribution in [2.75, 3.05) is 0 Å². The van der Waals surface area contributed by atoms with Crippen molar-refractivity contribution in [3.05, 3.63) is 54.0 Å². The molecule has 0 saturated carbocycles. The smallest absolute Gasteiger partial charge is 0.256 e. The van der Waals surface area contributed by atoms with E-state index in [1.165, 1.54) is 18.3 Å². The summed E-state index contributed by atoms with van der Waals surface area (Å²) < 4.78 is 18.5. The molecule has 0 aromatic carbocycles. The number of rotatable bonds is 4. The number of nitrogens with one attached hydrogen (secondary N) is 1. The van der Waals surface area contributed by atoms with Crippen LogP contribution in [0.5, 0.6) is 0 Å². The molecule has 2 heterocycles. The average molecular weight is 248 g/mol. The Kier molecular flexibility index (Phi) is 3.72. The fourth-order valence-corrected chi connectivity index (χ4v) is 1.64. The van der Waals surface area contributed by atoms with E-state index in [4.69, 9.17) is 4.42 Å². The van der Waals surface area contributed by atoms with Crippen LogP contribution in [0, 0.1) is 5.95 Å². The fraction of sp³-hybridized carbons (Fsp3) is 0.231. The molecule has 18 heavy (non-hydrogen) atoms. The van der Waals surface area contributed by atoms with Crippen molar-refractivity contribution in [2.24, 2.45) is 0 Å². The van der Waals surface area contributed by atoms with Crippen molar-refractivity contribution < 1.29 is 13.6 Å². The topological polar surface area (TPSA) is 55.1 Å². The lowest BCUT2D eigenvalue weighted by Crippen LogP contribution is -2.34. The average Bonchev–Trinajstić information content (AvgIpc) is 2.82. The molecule has 2 aromatic heterocycles. The van der Waals surface area contributed by atoms with E-state index in [0.717, 1.165) is 5.76 Å². The summed E-state index contributed by atoms with van der Waals surface area (Å²) in [5.41, 5.74) is -0.0520. The zero-order valence-electron chi connectivity index (χ0n) is 9.89. The molecule has 1 atom stereocenters. The van der Waals surface area contributed by atoms with Gasteiger partial charge >= 0.3 is 0 Å². The molecule has 0 aliphatic heterocycles. The molecule has 0 fully saturated rings. The van der Waals surface area contributed by atoms with Crippen molar-refractivity contribution in [1.82, 2.24) is 10.3 Å². The number of furan rings is 1. The second-order valence-electron chi connectivity index (χ2n) is 4.00. The lowest BCUT2D eigenvalue weighted by molar-refractivity contribution is 0.0934. The molecule has 0 spiro atoms. The Balaban J connectivity index is 1.97. The highest BCUT2D eigenvalue weighted by atomic mass is 19.1. The second-order valence-corrected chi connectivity index (χ2v) is 4.00. The van der Waals surface area contributed by atoms with E-state index in [9.17, 15) is 9.18 Å². The molecule has 0 bridgehead atoms. The van der Waals surface area contributed by atoms with Crippen LogP contribution in [0.25, 0.3) is 0 Å². The number of hydrogen-bond acceptors (Lipinski definition) is 3. The number of hydrogen-bond donors (Lipinski definition) is 1. The van der Waals surface area contributed by atoms with Gasteiger partial charge in [-0.1, -0.05) is 0 Å². The molecule has 94 valence electrons. The van der Waals surface area contributed by atoms with Crippen LogP contribution in [0.15, 0.2) is 41.1 Å². The van der Waals surface area contributed by atoms with Gasteiger partial charge in [-0.3, -0.25) is 4.79 Å². The lowest BCUT2D eigenvalue weighted by Gasteiger charge is -2.12. The Labute approximate surface area is 104 Å². The largest absolute Gasteiger partial charge is 0.469 e. The quantitative estimate of drug-likeness (QED) is 0.844. The van der Waals surface area contributed by atoms with Crippen LogP contribution in [0.1, 0.15) is 23.0 Å². The van der Waals surface area contributed by atoms with Gasteiger partial charge in [0.1, 0.15) is 5.76 Å². The normalized spacial score (nSPS) is 12.1. The van der Waals surface area contributed by atoms with Crippen molar-refractivity contribution in [3.63, 3.8) is 0 Å². The van der Waals surface area contributed by atoms with Gasteiger partial charge in [0.05, 0.1) is 11.8 Å². The molecule has 1 unspecified atom stereocenters. The molecule has 4 nitrogen and oxygen atoms in total. The van der Waals surface area contributed by atoms with Crippen molar-refractivity contribution >= 4 is 5.91 Å². The van der Waals surface area contributed by atoms with Gasteiger partial charge in [0, 0.05) is 18.7 Å². The summed E-state index contributed by atoms with van der Waals surface area (Å²) in [5.74, 6) is -0.464. The molecule has 0 aliphatic rings. The Bertz CT molecular complexity index is 526. The van der Waals surface area contributed by atoms with Gasteiger partial charge in [-0.2, -0.15) is 4.39 Å². The van der Waals surface area contributed by atoms with Crippen molar-refractivity contribution in [2.45, 2.75) is 19.4 Å². The standard InChI is InChI=1S/C13H13FN2O2/c1-9(8-10-4-3-7-18-10)16-13(17)11-5-2-6-15-12(11)14/h2-7,9H,8H2,1H3,(H,16,17). The molecule has 0 radical (unpaired) electrons. The second kappa shape index (κ2) is 5.44. The third kappa shape index (κ3) is 2.94. The Hall–Kier alpha value is -2.17. The number of nitrogens with zero attached hydrogens (tertiary/aromatic N) is 1. The number of carbonyl (C=O) groups excluding carboxylic acids is 1. The van der Waals surface area contributed by atoms with Gasteiger partial charge in [-0.25, -0.2) is 4.98 Å². The molecule has 5 heteroatoms. The maximum Gasteiger partial charge on any atom is 0.256 e. The van der Waals surface area contributed by atoms with E-state index in [1.807, 2.05) is 13.0 Å². The molecular formula is C13H13FN2O2. The van der Waals surface area contributed by atoms with E-state index >= 15 is 0 Å². The summed E-state index contributed by atoms with van der Waals surface area (Å²) in [6.07, 6.45) is 3.43. The van der Waals surface area contributed by atoms with Crippen LogP contribution < -0.4 is 5.32 Å². The lowest BCUT2D eigenvalue weighted by atomic mass is 10.1. The van der Waals surface area contributed by atoms with Crippen LogP contribution in [0.4, 0.5) is 4.39 Å². The first-order chi connectivity index (χ1) is 8.66. The number of amides is 1. The van der Waals surface area contributed by atoms with Crippen LogP contribution in [0.2, 0.25) is 0 Å². The molecule has 2 aromatic rings. The van der Waals surface area contributed by atoms with E-state index in [-0.39, 0.29) is 11.6 Å². The van der Waals surface area contributed by atoms with Gasteiger partial charge in [0.2, 0.25) is 5.95 Å². The van der Waals surface area contributed by atoms with Gasteiger partial charge in [-0.15, -0.1) is 0 Å². The zero-order chi connectivity index (χ0) is 13.0. The molecular weight excluding hydrogens is 235 g/mol. The predicted octanol–water partition coefficient (Wildman–Crippen LogP) is 2.17. The molecule has 1 N–H and O–H groups in total. The highest BCUT2D eigenvalue weighted by Crippen LogP contribution is 2.06. The van der Waals surface area contributed by atoms with E-state index in [0.29, 0.717) is 6.42 Å². The monoisotopic (exact) mass is 248 g/mol. The third-order valence-electron chi connectivity index (χ3n) is 2.47. The minimum Gasteiger partial charge on any atom is -0.469 e. The van der Waals surface area contributed by atoms with E-state index < -0.39 is 11.9 Å². The number of pyridine rings is 1. The number of halogens is 1. The first-order valence-electron chi connectivity index (χ1n) is 5.60. The summed E-state index contributed by atoms with van der Waals surface area (Å²) in [7, 11) is 0. The maximum absolute atomic E-state index is 13.3. The van der Waals surface area contributed by atoms with Crippen molar-refractivity contribution in [1.29, 1.82) is 0 Å². The first kappa shape index (κ1) is 12.3. The highest BCUT2D eigenvalue weighted by Gasteiger charge is 2.15. The van der Waals surface area contributed by atoms with Crippen LogP contribution in [0.3, 0.4) is 0 Å². The fourth-order valence-electron chi connectivity index (χ4n) is 1.64. The Morgan fingerprint density at radius 3 is 3.00 bits per heavy atom. The molecule has 0 aliphatic carbocycles. The van der Waals surface area contributed by atoms with Gasteiger partial charge in [0.25, 0.3) is 5.91 Å². The Morgan fingerprint density at radius 1 is 1.50 bits per heavy atom. The van der Waals surface area contributed by atoms with Gasteiger partial charge in [-0.05, 0) is 31.2 Å². The first-order valence-corrected chi connectivity index (χ1v) is 5.60. The maximum atomic E-state index is 13.3. The zero-order valence-corrected chi connectivity index (χ0v) is 9.89. The summed E-state index contributed by atoms with van der Waals surface area (Å²) in [5, 5.41) is 2.70. The van der Waals surface area contributed by atoms with Gasteiger partial charge < -0.3 is 9.73 Å². The summed E-state index contributed by atoms with van der Waals surface area (Å²) in [6, 6.07) is 6.38.